The van der Waals surface area contributed by atoms with Crippen molar-refractivity contribution < 1.29 is 27.8 Å². The van der Waals surface area contributed by atoms with E-state index < -0.39 is 29.7 Å². The average molecular weight is 416 g/mol. The minimum absolute atomic E-state index is 0.0299. The fourth-order valence-corrected chi connectivity index (χ4v) is 3.29. The number of hydrogen-bond donors (Lipinski definition) is 1. The highest BCUT2D eigenvalue weighted by Gasteiger charge is 2.39. The first-order valence-corrected chi connectivity index (χ1v) is 9.57. The predicted molar refractivity (Wildman–Crippen MR) is 106 cm³/mol. The number of amides is 2. The lowest BCUT2D eigenvalue weighted by molar-refractivity contribution is -0.139. The maximum Gasteiger partial charge on any atom is 0.338 e. The molecule has 0 fully saturated rings. The molecule has 8 heteroatoms. The lowest BCUT2D eigenvalue weighted by atomic mass is 9.94. The quantitative estimate of drug-likeness (QED) is 0.694. The van der Waals surface area contributed by atoms with E-state index in [2.05, 4.69) is 5.32 Å². The molecule has 0 radical (unpaired) electrons. The molecule has 3 rings (SSSR count). The molecular weight excluding hydrogens is 394 g/mol. The van der Waals surface area contributed by atoms with Crippen LogP contribution in [0.5, 0.6) is 5.75 Å². The van der Waals surface area contributed by atoms with Crippen LogP contribution in [-0.4, -0.2) is 36.7 Å². The molecule has 2 amide bonds. The molecule has 0 bridgehead atoms. The topological polar surface area (TPSA) is 67.9 Å². The molecule has 1 aliphatic rings. The third-order valence-corrected chi connectivity index (χ3v) is 4.67. The van der Waals surface area contributed by atoms with Gasteiger partial charge in [-0.3, -0.25) is 4.90 Å². The number of benzene rings is 2. The summed E-state index contributed by atoms with van der Waals surface area (Å²) in [5, 5.41) is 2.66. The Kier molecular flexibility index (Phi) is 6.66. The standard InChI is InChI=1S/C22H22F2N2O4/c1-3-26-17(13-30-18-12-8-7-11-16(18)24)19(21(27)29-4-2)20(25-22(26)28)14-9-5-6-10-15(14)23/h5-12,20H,3-4,13H2,1-2H3,(H,25,28). The van der Waals surface area contributed by atoms with Crippen LogP contribution in [0.1, 0.15) is 25.5 Å². The molecule has 158 valence electrons. The first-order chi connectivity index (χ1) is 14.5. The van der Waals surface area contributed by atoms with Gasteiger partial charge in [-0.05, 0) is 32.0 Å². The summed E-state index contributed by atoms with van der Waals surface area (Å²) >= 11 is 0. The van der Waals surface area contributed by atoms with Gasteiger partial charge in [-0.15, -0.1) is 0 Å². The zero-order chi connectivity index (χ0) is 21.7. The van der Waals surface area contributed by atoms with Gasteiger partial charge < -0.3 is 14.8 Å². The predicted octanol–water partition coefficient (Wildman–Crippen LogP) is 3.95. The molecule has 1 unspecified atom stereocenters. The summed E-state index contributed by atoms with van der Waals surface area (Å²) in [6, 6.07) is 10.1. The summed E-state index contributed by atoms with van der Waals surface area (Å²) in [7, 11) is 0. The number of para-hydroxylation sites is 1. The first kappa shape index (κ1) is 21.3. The lowest BCUT2D eigenvalue weighted by Crippen LogP contribution is -2.49. The van der Waals surface area contributed by atoms with Crippen LogP contribution in [0.3, 0.4) is 0 Å². The van der Waals surface area contributed by atoms with Crippen LogP contribution in [0.25, 0.3) is 0 Å². The second-order valence-corrected chi connectivity index (χ2v) is 6.45. The van der Waals surface area contributed by atoms with Crippen molar-refractivity contribution in [1.29, 1.82) is 0 Å². The van der Waals surface area contributed by atoms with E-state index in [4.69, 9.17) is 9.47 Å². The molecule has 2 aromatic rings. The highest BCUT2D eigenvalue weighted by atomic mass is 19.1. The number of nitrogens with zero attached hydrogens (tertiary/aromatic N) is 1. The zero-order valence-corrected chi connectivity index (χ0v) is 16.7. The summed E-state index contributed by atoms with van der Waals surface area (Å²) in [5.41, 5.74) is 0.351. The van der Waals surface area contributed by atoms with E-state index in [1.807, 2.05) is 0 Å². The number of likely N-dealkylation sites (N-methyl/N-ethyl adjacent to an activating group) is 1. The van der Waals surface area contributed by atoms with Crippen LogP contribution >= 0.6 is 0 Å². The number of carbonyl (C=O) groups excluding carboxylic acids is 2. The number of nitrogens with one attached hydrogen (secondary N) is 1. The van der Waals surface area contributed by atoms with Gasteiger partial charge in [0.1, 0.15) is 12.4 Å². The summed E-state index contributed by atoms with van der Waals surface area (Å²) in [6.07, 6.45) is 0. The molecule has 1 aliphatic heterocycles. The van der Waals surface area contributed by atoms with Crippen molar-refractivity contribution in [3.63, 3.8) is 0 Å². The van der Waals surface area contributed by atoms with Crippen LogP contribution in [-0.2, 0) is 9.53 Å². The van der Waals surface area contributed by atoms with E-state index in [-0.39, 0.29) is 42.3 Å². The molecule has 30 heavy (non-hydrogen) atoms. The normalized spacial score (nSPS) is 16.3. The summed E-state index contributed by atoms with van der Waals surface area (Å²) in [4.78, 5) is 26.8. The average Bonchev–Trinajstić information content (AvgIpc) is 2.73. The van der Waals surface area contributed by atoms with E-state index in [0.29, 0.717) is 0 Å². The van der Waals surface area contributed by atoms with Crippen molar-refractivity contribution in [3.05, 3.63) is 77.0 Å². The molecule has 0 saturated heterocycles. The number of hydrogen-bond acceptors (Lipinski definition) is 4. The van der Waals surface area contributed by atoms with Gasteiger partial charge in [-0.25, -0.2) is 18.4 Å². The van der Waals surface area contributed by atoms with Gasteiger partial charge in [0.05, 0.1) is 23.9 Å². The molecule has 6 nitrogen and oxygen atoms in total. The van der Waals surface area contributed by atoms with Gasteiger partial charge in [0.15, 0.2) is 11.6 Å². The Morgan fingerprint density at radius 3 is 2.37 bits per heavy atom. The van der Waals surface area contributed by atoms with Gasteiger partial charge in [-0.1, -0.05) is 30.3 Å². The molecule has 1 atom stereocenters. The Morgan fingerprint density at radius 1 is 1.07 bits per heavy atom. The van der Waals surface area contributed by atoms with Gasteiger partial charge in [-0.2, -0.15) is 0 Å². The first-order valence-electron chi connectivity index (χ1n) is 9.57. The number of halogens is 2. The van der Waals surface area contributed by atoms with Crippen LogP contribution in [0.2, 0.25) is 0 Å². The molecule has 2 aromatic carbocycles. The lowest BCUT2D eigenvalue weighted by Gasteiger charge is -2.36. The number of esters is 1. The molecule has 0 aromatic heterocycles. The third-order valence-electron chi connectivity index (χ3n) is 4.67. The minimum Gasteiger partial charge on any atom is -0.484 e. The van der Waals surface area contributed by atoms with Crippen molar-refractivity contribution in [3.8, 4) is 5.75 Å². The fourth-order valence-electron chi connectivity index (χ4n) is 3.29. The molecule has 0 saturated carbocycles. The number of rotatable bonds is 7. The van der Waals surface area contributed by atoms with Crippen LogP contribution in [0.4, 0.5) is 13.6 Å². The Balaban J connectivity index is 2.10. The summed E-state index contributed by atoms with van der Waals surface area (Å²) in [6.45, 7) is 3.39. The van der Waals surface area contributed by atoms with Crippen LogP contribution < -0.4 is 10.1 Å². The highest BCUT2D eigenvalue weighted by molar-refractivity contribution is 5.95. The van der Waals surface area contributed by atoms with E-state index in [1.165, 1.54) is 41.3 Å². The zero-order valence-electron chi connectivity index (χ0n) is 16.7. The van der Waals surface area contributed by atoms with E-state index >= 15 is 0 Å². The van der Waals surface area contributed by atoms with Gasteiger partial charge in [0, 0.05) is 12.1 Å². The molecular formula is C22H22F2N2O4. The second-order valence-electron chi connectivity index (χ2n) is 6.45. The van der Waals surface area contributed by atoms with Gasteiger partial charge in [0.25, 0.3) is 0 Å². The third kappa shape index (κ3) is 4.27. The Labute approximate surface area is 173 Å². The van der Waals surface area contributed by atoms with E-state index in [0.717, 1.165) is 0 Å². The second kappa shape index (κ2) is 9.39. The fraction of sp³-hybridized carbons (Fsp3) is 0.273. The van der Waals surface area contributed by atoms with Crippen molar-refractivity contribution >= 4 is 12.0 Å². The van der Waals surface area contributed by atoms with Crippen molar-refractivity contribution in [1.82, 2.24) is 10.2 Å². The van der Waals surface area contributed by atoms with Crippen LogP contribution in [0.15, 0.2) is 59.8 Å². The smallest absolute Gasteiger partial charge is 0.338 e. The number of carbonyl (C=O) groups is 2. The highest BCUT2D eigenvalue weighted by Crippen LogP contribution is 2.33. The summed E-state index contributed by atoms with van der Waals surface area (Å²) in [5.74, 6) is -1.90. The Bertz CT molecular complexity index is 977. The number of ether oxygens (including phenoxy) is 2. The minimum atomic E-state index is -1.07. The van der Waals surface area contributed by atoms with E-state index in [1.54, 1.807) is 26.0 Å². The maximum atomic E-state index is 14.5. The molecule has 0 spiro atoms. The molecule has 1 heterocycles. The van der Waals surface area contributed by atoms with Crippen LogP contribution in [0, 0.1) is 11.6 Å². The number of urea groups is 1. The Morgan fingerprint density at radius 2 is 1.73 bits per heavy atom. The van der Waals surface area contributed by atoms with Crippen molar-refractivity contribution in [2.45, 2.75) is 19.9 Å². The molecule has 0 aliphatic carbocycles. The van der Waals surface area contributed by atoms with Crippen molar-refractivity contribution in [2.75, 3.05) is 19.8 Å². The summed E-state index contributed by atoms with van der Waals surface area (Å²) < 4.78 is 39.3. The maximum absolute atomic E-state index is 14.5. The Hall–Kier alpha value is -3.42. The van der Waals surface area contributed by atoms with Crippen molar-refractivity contribution in [2.24, 2.45) is 0 Å². The molecule has 1 N–H and O–H groups in total. The van der Waals surface area contributed by atoms with Gasteiger partial charge >= 0.3 is 12.0 Å². The van der Waals surface area contributed by atoms with E-state index in [9.17, 15) is 18.4 Å². The van der Waals surface area contributed by atoms with Gasteiger partial charge in [0.2, 0.25) is 0 Å². The largest absolute Gasteiger partial charge is 0.484 e. The SMILES string of the molecule is CCOC(=O)C1=C(COc2ccccc2F)N(CC)C(=O)NC1c1ccccc1F. The monoisotopic (exact) mass is 416 g/mol.